The zero-order valence-corrected chi connectivity index (χ0v) is 14.5. The normalized spacial score (nSPS) is 18.7. The van der Waals surface area contributed by atoms with E-state index in [9.17, 15) is 14.7 Å². The first-order chi connectivity index (χ1) is 12.0. The van der Waals surface area contributed by atoms with Crippen molar-refractivity contribution in [2.24, 2.45) is 5.73 Å². The molecule has 0 atom stereocenters. The summed E-state index contributed by atoms with van der Waals surface area (Å²) < 4.78 is 5.98. The van der Waals surface area contributed by atoms with Gasteiger partial charge in [-0.15, -0.1) is 0 Å². The van der Waals surface area contributed by atoms with Crippen LogP contribution >= 0.6 is 0 Å². The Morgan fingerprint density at radius 3 is 2.60 bits per heavy atom. The van der Waals surface area contributed by atoms with E-state index >= 15 is 0 Å². The van der Waals surface area contributed by atoms with Crippen molar-refractivity contribution in [3.8, 4) is 5.75 Å². The minimum absolute atomic E-state index is 0.0435. The smallest absolute Gasteiger partial charge is 0.348 e. The van der Waals surface area contributed by atoms with Crippen LogP contribution in [0.25, 0.3) is 0 Å². The van der Waals surface area contributed by atoms with Gasteiger partial charge in [0.2, 0.25) is 11.5 Å². The lowest BCUT2D eigenvalue weighted by molar-refractivity contribution is -0.161. The van der Waals surface area contributed by atoms with E-state index in [-0.39, 0.29) is 5.91 Å². The largest absolute Gasteiger partial charge is 0.478 e. The van der Waals surface area contributed by atoms with E-state index in [1.807, 2.05) is 18.2 Å². The molecule has 3 N–H and O–H groups in total. The van der Waals surface area contributed by atoms with Crippen molar-refractivity contribution in [1.82, 2.24) is 4.90 Å². The number of piperidine rings is 1. The number of nitrogens with two attached hydrogens (primary N) is 1. The highest BCUT2D eigenvalue weighted by atomic mass is 16.5. The Kier molecular flexibility index (Phi) is 5.27. The van der Waals surface area contributed by atoms with Gasteiger partial charge in [0.05, 0.1) is 0 Å². The van der Waals surface area contributed by atoms with E-state index in [1.165, 1.54) is 11.1 Å². The lowest BCUT2D eigenvalue weighted by Crippen LogP contribution is -2.54. The third-order valence-corrected chi connectivity index (χ3v) is 5.29. The van der Waals surface area contributed by atoms with Crippen LogP contribution in [0.1, 0.15) is 43.2 Å². The number of aryl methyl sites for hydroxylation is 2. The summed E-state index contributed by atoms with van der Waals surface area (Å²) in [5.74, 6) is -0.296. The number of rotatable bonds is 6. The predicted octanol–water partition coefficient (Wildman–Crippen LogP) is 1.74. The number of benzene rings is 1. The molecule has 1 heterocycles. The van der Waals surface area contributed by atoms with Crippen LogP contribution in [0.3, 0.4) is 0 Å². The molecule has 136 valence electrons. The number of amides is 1. The third-order valence-electron chi connectivity index (χ3n) is 5.29. The van der Waals surface area contributed by atoms with E-state index in [1.54, 1.807) is 4.90 Å². The summed E-state index contributed by atoms with van der Waals surface area (Å²) in [5.41, 5.74) is 6.78. The number of carbonyl (C=O) groups is 2. The van der Waals surface area contributed by atoms with Crippen molar-refractivity contribution in [2.45, 2.75) is 50.5 Å². The van der Waals surface area contributed by atoms with Gasteiger partial charge < -0.3 is 20.5 Å². The maximum atomic E-state index is 12.1. The van der Waals surface area contributed by atoms with Gasteiger partial charge in [-0.25, -0.2) is 4.79 Å². The van der Waals surface area contributed by atoms with Crippen molar-refractivity contribution in [1.29, 1.82) is 0 Å². The molecule has 1 saturated heterocycles. The standard InChI is InChI=1S/C19H26N2O4/c20-10-2-5-17(22)21-11-8-19(9-12-21,18(23)24)25-16-7-6-14-3-1-4-15(14)13-16/h6-7,13H,1-5,8-12,20H2,(H,23,24). The molecular formula is C19H26N2O4. The second kappa shape index (κ2) is 7.44. The number of carboxylic acids is 1. The average molecular weight is 346 g/mol. The number of fused-ring (bicyclic) bond motifs is 1. The molecule has 0 aromatic heterocycles. The summed E-state index contributed by atoms with van der Waals surface area (Å²) in [5, 5.41) is 9.76. The third kappa shape index (κ3) is 3.79. The first kappa shape index (κ1) is 17.7. The van der Waals surface area contributed by atoms with Crippen molar-refractivity contribution >= 4 is 11.9 Å². The fourth-order valence-electron chi connectivity index (χ4n) is 3.73. The zero-order valence-electron chi connectivity index (χ0n) is 14.5. The van der Waals surface area contributed by atoms with Gasteiger partial charge in [-0.05, 0) is 55.5 Å². The van der Waals surface area contributed by atoms with Gasteiger partial charge in [0.25, 0.3) is 0 Å². The first-order valence-corrected chi connectivity index (χ1v) is 9.06. The Labute approximate surface area is 147 Å². The Morgan fingerprint density at radius 2 is 1.92 bits per heavy atom. The molecule has 6 heteroatoms. The molecule has 1 aliphatic heterocycles. The lowest BCUT2D eigenvalue weighted by Gasteiger charge is -2.39. The molecule has 0 radical (unpaired) electrons. The number of hydrogen-bond donors (Lipinski definition) is 2. The summed E-state index contributed by atoms with van der Waals surface area (Å²) in [7, 11) is 0. The Balaban J connectivity index is 1.67. The fourth-order valence-corrected chi connectivity index (χ4v) is 3.73. The molecule has 2 aliphatic rings. The predicted molar refractivity (Wildman–Crippen MR) is 93.6 cm³/mol. The molecule has 1 aromatic carbocycles. The highest BCUT2D eigenvalue weighted by Crippen LogP contribution is 2.32. The highest BCUT2D eigenvalue weighted by molar-refractivity contribution is 5.80. The van der Waals surface area contributed by atoms with Crippen molar-refractivity contribution in [3.05, 3.63) is 29.3 Å². The average Bonchev–Trinajstić information content (AvgIpc) is 3.08. The lowest BCUT2D eigenvalue weighted by atomic mass is 9.90. The van der Waals surface area contributed by atoms with Crippen LogP contribution < -0.4 is 10.5 Å². The zero-order chi connectivity index (χ0) is 17.9. The molecule has 3 rings (SSSR count). The van der Waals surface area contributed by atoms with Gasteiger partial charge >= 0.3 is 5.97 Å². The molecule has 25 heavy (non-hydrogen) atoms. The van der Waals surface area contributed by atoms with Crippen LogP contribution in [-0.2, 0) is 22.4 Å². The van der Waals surface area contributed by atoms with E-state index in [4.69, 9.17) is 10.5 Å². The summed E-state index contributed by atoms with van der Waals surface area (Å²) in [6, 6.07) is 5.89. The Bertz CT molecular complexity index is 651. The summed E-state index contributed by atoms with van der Waals surface area (Å²) >= 11 is 0. The number of likely N-dealkylation sites (tertiary alicyclic amines) is 1. The Morgan fingerprint density at radius 1 is 1.20 bits per heavy atom. The molecule has 0 bridgehead atoms. The maximum Gasteiger partial charge on any atom is 0.348 e. The van der Waals surface area contributed by atoms with E-state index in [0.717, 1.165) is 19.3 Å². The van der Waals surface area contributed by atoms with E-state index in [0.29, 0.717) is 51.1 Å². The van der Waals surface area contributed by atoms with Gasteiger partial charge in [0, 0.05) is 32.4 Å². The minimum atomic E-state index is -1.25. The molecule has 0 unspecified atom stereocenters. The van der Waals surface area contributed by atoms with Gasteiger partial charge in [-0.1, -0.05) is 6.07 Å². The topological polar surface area (TPSA) is 92.9 Å². The molecule has 1 amide bonds. The molecule has 1 aliphatic carbocycles. The van der Waals surface area contributed by atoms with Crippen LogP contribution in [0.4, 0.5) is 0 Å². The number of carbonyl (C=O) groups excluding carboxylic acids is 1. The van der Waals surface area contributed by atoms with Crippen molar-refractivity contribution < 1.29 is 19.4 Å². The number of ether oxygens (including phenoxy) is 1. The maximum absolute atomic E-state index is 12.1. The van der Waals surface area contributed by atoms with Crippen LogP contribution in [0.5, 0.6) is 5.75 Å². The molecule has 0 saturated carbocycles. The summed E-state index contributed by atoms with van der Waals surface area (Å²) in [6.45, 7) is 1.29. The second-order valence-electron chi connectivity index (χ2n) is 6.96. The van der Waals surface area contributed by atoms with Gasteiger partial charge in [-0.3, -0.25) is 4.79 Å². The molecule has 0 spiro atoms. The first-order valence-electron chi connectivity index (χ1n) is 9.06. The second-order valence-corrected chi connectivity index (χ2v) is 6.96. The number of hydrogen-bond acceptors (Lipinski definition) is 4. The van der Waals surface area contributed by atoms with E-state index < -0.39 is 11.6 Å². The van der Waals surface area contributed by atoms with Crippen LogP contribution in [0, 0.1) is 0 Å². The minimum Gasteiger partial charge on any atom is -0.478 e. The summed E-state index contributed by atoms with van der Waals surface area (Å²) in [6.07, 6.45) is 4.92. The highest BCUT2D eigenvalue weighted by Gasteiger charge is 2.45. The van der Waals surface area contributed by atoms with E-state index in [2.05, 4.69) is 0 Å². The molecule has 1 aromatic rings. The molecule has 6 nitrogen and oxygen atoms in total. The van der Waals surface area contributed by atoms with Crippen LogP contribution in [0.2, 0.25) is 0 Å². The SMILES string of the molecule is NCCCC(=O)N1CCC(Oc2ccc3c(c2)CCC3)(C(=O)O)CC1. The molecular weight excluding hydrogens is 320 g/mol. The van der Waals surface area contributed by atoms with Crippen molar-refractivity contribution in [2.75, 3.05) is 19.6 Å². The van der Waals surface area contributed by atoms with Crippen LogP contribution in [0.15, 0.2) is 18.2 Å². The quantitative estimate of drug-likeness (QED) is 0.818. The Hall–Kier alpha value is -2.08. The number of nitrogens with zero attached hydrogens (tertiary/aromatic N) is 1. The van der Waals surface area contributed by atoms with Gasteiger partial charge in [-0.2, -0.15) is 0 Å². The number of carboxylic acid groups (broad SMARTS) is 1. The fraction of sp³-hybridized carbons (Fsp3) is 0.579. The van der Waals surface area contributed by atoms with Gasteiger partial charge in [0.15, 0.2) is 0 Å². The van der Waals surface area contributed by atoms with Crippen molar-refractivity contribution in [3.63, 3.8) is 0 Å². The molecule has 1 fully saturated rings. The summed E-state index contributed by atoms with van der Waals surface area (Å²) in [4.78, 5) is 25.7. The number of aliphatic carboxylic acids is 1. The van der Waals surface area contributed by atoms with Gasteiger partial charge in [0.1, 0.15) is 5.75 Å². The van der Waals surface area contributed by atoms with Crippen LogP contribution in [-0.4, -0.2) is 47.1 Å². The monoisotopic (exact) mass is 346 g/mol.